The van der Waals surface area contributed by atoms with Gasteiger partial charge in [-0.2, -0.15) is 0 Å². The topological polar surface area (TPSA) is 29.5 Å². The first-order chi connectivity index (χ1) is 28.5. The third-order valence-corrected chi connectivity index (χ3v) is 12.4. The summed E-state index contributed by atoms with van der Waals surface area (Å²) in [4.78, 5) is 2.48. The summed E-state index contributed by atoms with van der Waals surface area (Å²) in [5, 5.41) is 6.89. The number of nitrogens with zero attached hydrogens (tertiary/aromatic N) is 1. The molecule has 0 atom stereocenters. The normalized spacial score (nSPS) is 13.1. The number of hydrogen-bond acceptors (Lipinski definition) is 3. The zero-order valence-corrected chi connectivity index (χ0v) is 32.2. The largest absolute Gasteiger partial charge is 0.456 e. The summed E-state index contributed by atoms with van der Waals surface area (Å²) in [7, 11) is 0. The van der Waals surface area contributed by atoms with Crippen molar-refractivity contribution < 1.29 is 8.83 Å². The quantitative estimate of drug-likeness (QED) is 0.176. The molecule has 0 N–H and O–H groups in total. The highest BCUT2D eigenvalue weighted by Crippen LogP contribution is 2.55. The number of fused-ring (bicyclic) bond motifs is 10. The molecule has 0 fully saturated rings. The fourth-order valence-corrected chi connectivity index (χ4v) is 9.76. The summed E-state index contributed by atoms with van der Waals surface area (Å²) in [5.41, 5.74) is 16.6. The molecule has 11 aromatic rings. The van der Waals surface area contributed by atoms with Crippen LogP contribution in [0.4, 0.5) is 17.1 Å². The van der Waals surface area contributed by atoms with Crippen LogP contribution in [0.3, 0.4) is 0 Å². The van der Waals surface area contributed by atoms with Crippen molar-refractivity contribution in [2.24, 2.45) is 0 Å². The summed E-state index contributed by atoms with van der Waals surface area (Å²) < 4.78 is 12.7. The second-order valence-electron chi connectivity index (χ2n) is 16.1. The standard InChI is InChI=1S/C55H37NO2/c1-55(2)46-20-8-5-16-41(46)42-19-11-22-48(54(42)55)56(38-28-25-34(26-29-38)40-18-12-24-51-53(40)43-17-7-10-23-49(43)57-51)47-21-9-6-15-39(47)37-27-30-50-44(32-37)45-31-35-13-3-4-14-36(35)33-52(45)58-50/h3-33H,1-2H3. The van der Waals surface area contributed by atoms with Gasteiger partial charge in [0, 0.05) is 38.2 Å². The molecule has 12 rings (SSSR count). The van der Waals surface area contributed by atoms with E-state index in [0.717, 1.165) is 77.5 Å². The van der Waals surface area contributed by atoms with Gasteiger partial charge >= 0.3 is 0 Å². The summed E-state index contributed by atoms with van der Waals surface area (Å²) in [6, 6.07) is 67.8. The van der Waals surface area contributed by atoms with Crippen LogP contribution < -0.4 is 4.90 Å². The molecular formula is C55H37NO2. The van der Waals surface area contributed by atoms with Crippen LogP contribution in [0, 0.1) is 0 Å². The molecule has 0 bridgehead atoms. The number of furan rings is 2. The Kier molecular flexibility index (Phi) is 6.98. The lowest BCUT2D eigenvalue weighted by Gasteiger charge is -2.33. The minimum absolute atomic E-state index is 0.217. The van der Waals surface area contributed by atoms with E-state index < -0.39 is 0 Å². The summed E-state index contributed by atoms with van der Waals surface area (Å²) in [6.45, 7) is 4.73. The predicted octanol–water partition coefficient (Wildman–Crippen LogP) is 15.7. The first kappa shape index (κ1) is 32.8. The molecule has 0 aliphatic heterocycles. The van der Waals surface area contributed by atoms with E-state index in [-0.39, 0.29) is 5.41 Å². The molecule has 2 heterocycles. The fourth-order valence-electron chi connectivity index (χ4n) is 9.76. The van der Waals surface area contributed by atoms with Crippen molar-refractivity contribution in [2.75, 3.05) is 4.90 Å². The van der Waals surface area contributed by atoms with Crippen LogP contribution in [-0.2, 0) is 5.41 Å². The first-order valence-electron chi connectivity index (χ1n) is 20.0. The van der Waals surface area contributed by atoms with Crippen LogP contribution in [0.2, 0.25) is 0 Å². The van der Waals surface area contributed by atoms with Gasteiger partial charge in [0.1, 0.15) is 22.3 Å². The molecule has 9 aromatic carbocycles. The molecule has 0 amide bonds. The van der Waals surface area contributed by atoms with Crippen molar-refractivity contribution in [3.8, 4) is 33.4 Å². The van der Waals surface area contributed by atoms with Crippen molar-refractivity contribution in [2.45, 2.75) is 19.3 Å². The highest BCUT2D eigenvalue weighted by Gasteiger charge is 2.39. The lowest BCUT2D eigenvalue weighted by molar-refractivity contribution is 0.661. The van der Waals surface area contributed by atoms with Gasteiger partial charge < -0.3 is 13.7 Å². The number of para-hydroxylation sites is 2. The summed E-state index contributed by atoms with van der Waals surface area (Å²) in [6.07, 6.45) is 0. The monoisotopic (exact) mass is 743 g/mol. The third-order valence-electron chi connectivity index (χ3n) is 12.4. The average molecular weight is 744 g/mol. The van der Waals surface area contributed by atoms with E-state index in [4.69, 9.17) is 8.83 Å². The molecule has 3 heteroatoms. The highest BCUT2D eigenvalue weighted by atomic mass is 16.3. The van der Waals surface area contributed by atoms with E-state index >= 15 is 0 Å². The molecular weight excluding hydrogens is 707 g/mol. The predicted molar refractivity (Wildman–Crippen MR) is 242 cm³/mol. The second kappa shape index (κ2) is 12.3. The number of rotatable bonds is 5. The van der Waals surface area contributed by atoms with E-state index in [1.165, 1.54) is 38.7 Å². The van der Waals surface area contributed by atoms with Crippen LogP contribution in [0.25, 0.3) is 88.0 Å². The maximum Gasteiger partial charge on any atom is 0.136 e. The lowest BCUT2D eigenvalue weighted by Crippen LogP contribution is -2.21. The smallest absolute Gasteiger partial charge is 0.136 e. The van der Waals surface area contributed by atoms with Crippen molar-refractivity contribution in [3.05, 3.63) is 199 Å². The maximum atomic E-state index is 6.45. The van der Waals surface area contributed by atoms with Crippen LogP contribution in [0.1, 0.15) is 25.0 Å². The van der Waals surface area contributed by atoms with Gasteiger partial charge in [-0.05, 0) is 110 Å². The molecule has 0 saturated heterocycles. The molecule has 1 aliphatic carbocycles. The van der Waals surface area contributed by atoms with Crippen molar-refractivity contribution >= 4 is 71.7 Å². The van der Waals surface area contributed by atoms with Crippen LogP contribution in [0.15, 0.2) is 197 Å². The Hall–Kier alpha value is -7.36. The van der Waals surface area contributed by atoms with Gasteiger partial charge in [0.25, 0.3) is 0 Å². The summed E-state index contributed by atoms with van der Waals surface area (Å²) in [5.74, 6) is 0. The van der Waals surface area contributed by atoms with Gasteiger partial charge in [0.2, 0.25) is 0 Å². The third kappa shape index (κ3) is 4.80. The SMILES string of the molecule is CC1(C)c2ccccc2-c2cccc(N(c3ccc(-c4cccc5oc6ccccc6c45)cc3)c3ccccc3-c3ccc4oc5cc6ccccc6cc5c4c3)c21. The number of benzene rings is 9. The van der Waals surface area contributed by atoms with Crippen LogP contribution in [-0.4, -0.2) is 0 Å². The molecule has 274 valence electrons. The molecule has 0 spiro atoms. The zero-order valence-electron chi connectivity index (χ0n) is 32.2. The Morgan fingerprint density at radius 2 is 1.00 bits per heavy atom. The minimum Gasteiger partial charge on any atom is -0.456 e. The highest BCUT2D eigenvalue weighted by molar-refractivity contribution is 6.13. The Morgan fingerprint density at radius 1 is 0.397 bits per heavy atom. The maximum absolute atomic E-state index is 6.45. The Morgan fingerprint density at radius 3 is 1.88 bits per heavy atom. The first-order valence-corrected chi connectivity index (χ1v) is 20.0. The van der Waals surface area contributed by atoms with Gasteiger partial charge in [0.15, 0.2) is 0 Å². The second-order valence-corrected chi connectivity index (χ2v) is 16.1. The lowest BCUT2D eigenvalue weighted by atomic mass is 9.81. The van der Waals surface area contributed by atoms with E-state index in [2.05, 4.69) is 195 Å². The van der Waals surface area contributed by atoms with Crippen molar-refractivity contribution in [3.63, 3.8) is 0 Å². The molecule has 0 radical (unpaired) electrons. The van der Waals surface area contributed by atoms with Gasteiger partial charge in [-0.15, -0.1) is 0 Å². The van der Waals surface area contributed by atoms with E-state index in [1.54, 1.807) is 0 Å². The van der Waals surface area contributed by atoms with Gasteiger partial charge in [-0.1, -0.05) is 141 Å². The number of hydrogen-bond donors (Lipinski definition) is 0. The van der Waals surface area contributed by atoms with Crippen LogP contribution >= 0.6 is 0 Å². The molecule has 3 nitrogen and oxygen atoms in total. The average Bonchev–Trinajstić information content (AvgIpc) is 3.90. The molecule has 1 aliphatic rings. The van der Waals surface area contributed by atoms with Crippen molar-refractivity contribution in [1.29, 1.82) is 0 Å². The van der Waals surface area contributed by atoms with Gasteiger partial charge in [-0.3, -0.25) is 0 Å². The van der Waals surface area contributed by atoms with E-state index in [1.807, 2.05) is 12.1 Å². The number of anilines is 3. The Balaban J connectivity index is 1.07. The fraction of sp³-hybridized carbons (Fsp3) is 0.0545. The van der Waals surface area contributed by atoms with Gasteiger partial charge in [0.05, 0.1) is 11.4 Å². The molecule has 58 heavy (non-hydrogen) atoms. The molecule has 0 saturated carbocycles. The zero-order chi connectivity index (χ0) is 38.5. The molecule has 2 aromatic heterocycles. The summed E-state index contributed by atoms with van der Waals surface area (Å²) >= 11 is 0. The van der Waals surface area contributed by atoms with Gasteiger partial charge in [-0.25, -0.2) is 0 Å². The Labute approximate surface area is 336 Å². The molecule has 0 unspecified atom stereocenters. The van der Waals surface area contributed by atoms with E-state index in [9.17, 15) is 0 Å². The Bertz CT molecular complexity index is 3440. The van der Waals surface area contributed by atoms with E-state index in [0.29, 0.717) is 0 Å². The minimum atomic E-state index is -0.217. The van der Waals surface area contributed by atoms with Crippen molar-refractivity contribution in [1.82, 2.24) is 0 Å². The van der Waals surface area contributed by atoms with Crippen LogP contribution in [0.5, 0.6) is 0 Å².